The third-order valence-electron chi connectivity index (χ3n) is 3.30. The molecule has 2 heterocycles. The van der Waals surface area contributed by atoms with E-state index in [2.05, 4.69) is 16.0 Å². The second-order valence-corrected chi connectivity index (χ2v) is 5.17. The number of amides is 2. The fourth-order valence-corrected chi connectivity index (χ4v) is 2.50. The van der Waals surface area contributed by atoms with E-state index in [9.17, 15) is 9.59 Å². The molecule has 0 bridgehead atoms. The largest absolute Gasteiger partial charge is 0.366 e. The van der Waals surface area contributed by atoms with Gasteiger partial charge >= 0.3 is 0 Å². The number of ether oxygens (including phenoxy) is 1. The molecule has 2 aliphatic heterocycles. The van der Waals surface area contributed by atoms with Gasteiger partial charge in [0.1, 0.15) is 6.10 Å². The Balaban J connectivity index is 1.76. The molecule has 6 nitrogen and oxygen atoms in total. The summed E-state index contributed by atoms with van der Waals surface area (Å²) in [5, 5.41) is 8.94. The van der Waals surface area contributed by atoms with Gasteiger partial charge in [-0.05, 0) is 17.7 Å². The van der Waals surface area contributed by atoms with Crippen molar-refractivity contribution in [3.63, 3.8) is 0 Å². The van der Waals surface area contributed by atoms with Crippen molar-refractivity contribution in [1.82, 2.24) is 5.32 Å². The molecule has 0 saturated carbocycles. The number of carbonyl (C=O) groups excluding carboxylic acids is 2. The Morgan fingerprint density at radius 2 is 2.30 bits per heavy atom. The van der Waals surface area contributed by atoms with Crippen LogP contribution in [-0.4, -0.2) is 37.6 Å². The molecular weight excluding hydrogens is 282 g/mol. The van der Waals surface area contributed by atoms with Crippen LogP contribution in [0.25, 0.3) is 0 Å². The number of morpholine rings is 1. The summed E-state index contributed by atoms with van der Waals surface area (Å²) in [6.45, 7) is 1.74. The van der Waals surface area contributed by atoms with Crippen LogP contribution in [0.2, 0.25) is 5.02 Å². The number of hydrogen-bond acceptors (Lipinski definition) is 4. The van der Waals surface area contributed by atoms with E-state index in [4.69, 9.17) is 16.3 Å². The van der Waals surface area contributed by atoms with Gasteiger partial charge in [0.25, 0.3) is 5.91 Å². The van der Waals surface area contributed by atoms with E-state index in [0.29, 0.717) is 36.0 Å². The lowest BCUT2D eigenvalue weighted by molar-refractivity contribution is -0.128. The zero-order chi connectivity index (χ0) is 14.1. The van der Waals surface area contributed by atoms with Gasteiger partial charge in [-0.1, -0.05) is 11.6 Å². The molecule has 3 rings (SSSR count). The Bertz CT molecular complexity index is 570. The lowest BCUT2D eigenvalue weighted by atomic mass is 10.1. The van der Waals surface area contributed by atoms with Crippen LogP contribution in [0.5, 0.6) is 0 Å². The fourth-order valence-electron chi connectivity index (χ4n) is 2.29. The number of halogens is 1. The van der Waals surface area contributed by atoms with Crippen molar-refractivity contribution in [2.24, 2.45) is 0 Å². The predicted octanol–water partition coefficient (Wildman–Crippen LogP) is 0.761. The quantitative estimate of drug-likeness (QED) is 0.753. The number of anilines is 2. The van der Waals surface area contributed by atoms with Crippen molar-refractivity contribution in [2.75, 3.05) is 30.3 Å². The highest BCUT2D eigenvalue weighted by molar-refractivity contribution is 6.34. The fraction of sp³-hybridized carbons (Fsp3) is 0.385. The van der Waals surface area contributed by atoms with Crippen molar-refractivity contribution in [2.45, 2.75) is 12.5 Å². The molecule has 106 valence electrons. The van der Waals surface area contributed by atoms with Crippen molar-refractivity contribution in [3.05, 3.63) is 22.7 Å². The van der Waals surface area contributed by atoms with Gasteiger partial charge in [-0.3, -0.25) is 9.59 Å². The Morgan fingerprint density at radius 1 is 1.45 bits per heavy atom. The number of fused-ring (bicyclic) bond motifs is 1. The summed E-state index contributed by atoms with van der Waals surface area (Å²) in [6, 6.07) is 3.38. The van der Waals surface area contributed by atoms with Crippen LogP contribution in [-0.2, 0) is 20.7 Å². The van der Waals surface area contributed by atoms with Gasteiger partial charge in [0.05, 0.1) is 23.7 Å². The molecule has 1 aromatic rings. The number of benzene rings is 1. The Hall–Kier alpha value is -1.63. The van der Waals surface area contributed by atoms with Crippen LogP contribution < -0.4 is 16.0 Å². The Kier molecular flexibility index (Phi) is 3.60. The van der Waals surface area contributed by atoms with Crippen molar-refractivity contribution in [3.8, 4) is 0 Å². The highest BCUT2D eigenvalue weighted by atomic mass is 35.5. The maximum atomic E-state index is 12.1. The molecule has 0 radical (unpaired) electrons. The first-order valence-electron chi connectivity index (χ1n) is 6.39. The zero-order valence-corrected chi connectivity index (χ0v) is 11.4. The van der Waals surface area contributed by atoms with Crippen LogP contribution in [0.4, 0.5) is 11.4 Å². The number of carbonyl (C=O) groups is 2. The van der Waals surface area contributed by atoms with Crippen LogP contribution >= 0.6 is 11.6 Å². The lowest BCUT2D eigenvalue weighted by Gasteiger charge is -2.23. The Morgan fingerprint density at radius 3 is 3.05 bits per heavy atom. The van der Waals surface area contributed by atoms with Gasteiger partial charge < -0.3 is 20.7 Å². The summed E-state index contributed by atoms with van der Waals surface area (Å²) in [5.41, 5.74) is 2.03. The van der Waals surface area contributed by atoms with E-state index < -0.39 is 6.10 Å². The monoisotopic (exact) mass is 295 g/mol. The van der Waals surface area contributed by atoms with E-state index in [1.165, 1.54) is 0 Å². The van der Waals surface area contributed by atoms with E-state index in [1.807, 2.05) is 0 Å². The van der Waals surface area contributed by atoms with Crippen molar-refractivity contribution >= 4 is 34.8 Å². The number of nitrogens with one attached hydrogen (secondary N) is 3. The maximum Gasteiger partial charge on any atom is 0.254 e. The van der Waals surface area contributed by atoms with Gasteiger partial charge in [0.2, 0.25) is 5.91 Å². The summed E-state index contributed by atoms with van der Waals surface area (Å²) in [7, 11) is 0. The zero-order valence-electron chi connectivity index (χ0n) is 10.7. The molecule has 20 heavy (non-hydrogen) atoms. The van der Waals surface area contributed by atoms with Crippen LogP contribution in [0, 0.1) is 0 Å². The standard InChI is InChI=1S/C13H14ClN3O3/c14-8-5-9-7(4-12(18)16-9)3-10(8)17-13(19)11-6-15-1-2-20-11/h3,5,11,15H,1-2,4,6H2,(H,16,18)(H,17,19). The van der Waals surface area contributed by atoms with Gasteiger partial charge in [0, 0.05) is 18.8 Å². The Labute approximate surface area is 120 Å². The average molecular weight is 296 g/mol. The minimum Gasteiger partial charge on any atom is -0.366 e. The molecule has 7 heteroatoms. The predicted molar refractivity (Wildman–Crippen MR) is 75.0 cm³/mol. The lowest BCUT2D eigenvalue weighted by Crippen LogP contribution is -2.45. The summed E-state index contributed by atoms with van der Waals surface area (Å²) in [6.07, 6.45) is -0.218. The molecule has 2 aliphatic rings. The molecule has 3 N–H and O–H groups in total. The minimum atomic E-state index is -0.521. The van der Waals surface area contributed by atoms with E-state index in [0.717, 1.165) is 12.1 Å². The second-order valence-electron chi connectivity index (χ2n) is 4.77. The highest BCUT2D eigenvalue weighted by Gasteiger charge is 2.24. The topological polar surface area (TPSA) is 79.5 Å². The van der Waals surface area contributed by atoms with Gasteiger partial charge in [-0.25, -0.2) is 0 Å². The molecule has 0 aliphatic carbocycles. The first kappa shape index (κ1) is 13.4. The van der Waals surface area contributed by atoms with Crippen LogP contribution in [0.15, 0.2) is 12.1 Å². The molecule has 1 saturated heterocycles. The third kappa shape index (κ3) is 2.63. The van der Waals surface area contributed by atoms with Crippen molar-refractivity contribution in [1.29, 1.82) is 0 Å². The maximum absolute atomic E-state index is 12.1. The normalized spacial score (nSPS) is 21.2. The van der Waals surface area contributed by atoms with E-state index in [1.54, 1.807) is 12.1 Å². The molecule has 1 unspecified atom stereocenters. The average Bonchev–Trinajstić information content (AvgIpc) is 2.79. The van der Waals surface area contributed by atoms with Crippen LogP contribution in [0.3, 0.4) is 0 Å². The molecule has 1 atom stereocenters. The van der Waals surface area contributed by atoms with E-state index >= 15 is 0 Å². The smallest absolute Gasteiger partial charge is 0.254 e. The molecule has 1 fully saturated rings. The molecule has 0 aromatic heterocycles. The minimum absolute atomic E-state index is 0.0700. The summed E-state index contributed by atoms with van der Waals surface area (Å²) in [4.78, 5) is 23.4. The van der Waals surface area contributed by atoms with Gasteiger partial charge in [0.15, 0.2) is 0 Å². The second kappa shape index (κ2) is 5.40. The van der Waals surface area contributed by atoms with Crippen LogP contribution in [0.1, 0.15) is 5.56 Å². The van der Waals surface area contributed by atoms with Gasteiger partial charge in [-0.2, -0.15) is 0 Å². The first-order chi connectivity index (χ1) is 9.63. The first-order valence-corrected chi connectivity index (χ1v) is 6.77. The highest BCUT2D eigenvalue weighted by Crippen LogP contribution is 2.32. The van der Waals surface area contributed by atoms with E-state index in [-0.39, 0.29) is 11.8 Å². The summed E-state index contributed by atoms with van der Waals surface area (Å²) in [5.74, 6) is -0.310. The number of rotatable bonds is 2. The SMILES string of the molecule is O=C1Cc2cc(NC(=O)C3CNCCO3)c(Cl)cc2N1. The molecule has 0 spiro atoms. The van der Waals surface area contributed by atoms with Crippen molar-refractivity contribution < 1.29 is 14.3 Å². The number of hydrogen-bond donors (Lipinski definition) is 3. The molecule has 2 amide bonds. The van der Waals surface area contributed by atoms with Gasteiger partial charge in [-0.15, -0.1) is 0 Å². The molecule has 1 aromatic carbocycles. The third-order valence-corrected chi connectivity index (χ3v) is 3.61. The summed E-state index contributed by atoms with van der Waals surface area (Å²) < 4.78 is 5.38. The summed E-state index contributed by atoms with van der Waals surface area (Å²) >= 11 is 6.12. The molecular formula is C13H14ClN3O3.